The lowest BCUT2D eigenvalue weighted by molar-refractivity contribution is 0.0932. The second-order valence-electron chi connectivity index (χ2n) is 6.89. The summed E-state index contributed by atoms with van der Waals surface area (Å²) in [6.07, 6.45) is 1.02. The van der Waals surface area contributed by atoms with Crippen molar-refractivity contribution in [2.75, 3.05) is 19.6 Å². The van der Waals surface area contributed by atoms with Gasteiger partial charge in [-0.05, 0) is 30.5 Å². The van der Waals surface area contributed by atoms with Gasteiger partial charge in [-0.25, -0.2) is 0 Å². The van der Waals surface area contributed by atoms with Crippen LogP contribution in [0.4, 0.5) is 0 Å². The van der Waals surface area contributed by atoms with Gasteiger partial charge < -0.3 is 15.2 Å². The second kappa shape index (κ2) is 8.23. The number of nitrogens with one attached hydrogen (secondary N) is 2. The van der Waals surface area contributed by atoms with Gasteiger partial charge in [0.1, 0.15) is 0 Å². The summed E-state index contributed by atoms with van der Waals surface area (Å²) < 4.78 is 1.86. The number of fused-ring (bicyclic) bond motifs is 4. The molecule has 2 aliphatic heterocycles. The molecule has 2 bridgehead atoms. The number of halogens is 3. The standard InChI is InChI=1S/C19H19Cl2N3O2.ClH/c20-14-4-1-3-13(18(14)21)19(26)23-10-16-12-7-11(8-22-9-12)15-5-2-6-17(25)24(15)16;/h1-6,11-12,16,22H,7-10H2,(H,23,26);1H/t11-,12+,16+;/m1./s1. The first-order valence-electron chi connectivity index (χ1n) is 8.70. The van der Waals surface area contributed by atoms with Gasteiger partial charge in [0.2, 0.25) is 0 Å². The summed E-state index contributed by atoms with van der Waals surface area (Å²) >= 11 is 12.1. The minimum absolute atomic E-state index is 0. The van der Waals surface area contributed by atoms with Gasteiger partial charge in [-0.1, -0.05) is 35.3 Å². The van der Waals surface area contributed by atoms with E-state index >= 15 is 0 Å². The van der Waals surface area contributed by atoms with Gasteiger partial charge in [0.15, 0.2) is 0 Å². The molecule has 0 spiro atoms. The molecule has 3 atom stereocenters. The molecule has 5 nitrogen and oxygen atoms in total. The van der Waals surface area contributed by atoms with E-state index in [2.05, 4.69) is 10.6 Å². The van der Waals surface area contributed by atoms with Crippen molar-refractivity contribution in [3.05, 3.63) is 68.1 Å². The fourth-order valence-corrected chi connectivity index (χ4v) is 4.52. The summed E-state index contributed by atoms with van der Waals surface area (Å²) in [5.74, 6) is 0.363. The molecule has 4 rings (SSSR count). The molecule has 2 aliphatic rings. The number of amides is 1. The maximum atomic E-state index is 12.6. The third-order valence-corrected chi connectivity index (χ3v) is 6.19. The van der Waals surface area contributed by atoms with Crippen LogP contribution in [-0.2, 0) is 0 Å². The van der Waals surface area contributed by atoms with E-state index in [1.165, 1.54) is 0 Å². The minimum atomic E-state index is -0.283. The van der Waals surface area contributed by atoms with E-state index < -0.39 is 0 Å². The molecular weight excluding hydrogens is 409 g/mol. The second-order valence-corrected chi connectivity index (χ2v) is 7.67. The summed E-state index contributed by atoms with van der Waals surface area (Å²) in [6.45, 7) is 2.10. The molecular formula is C19H20Cl3N3O2. The van der Waals surface area contributed by atoms with Gasteiger partial charge in [-0.15, -0.1) is 12.4 Å². The monoisotopic (exact) mass is 427 g/mol. The fraction of sp³-hybridized carbons (Fsp3) is 0.368. The molecule has 8 heteroatoms. The van der Waals surface area contributed by atoms with E-state index in [9.17, 15) is 9.59 Å². The molecule has 0 unspecified atom stereocenters. The highest BCUT2D eigenvalue weighted by molar-refractivity contribution is 6.43. The van der Waals surface area contributed by atoms with Gasteiger partial charge in [0, 0.05) is 37.3 Å². The van der Waals surface area contributed by atoms with Crippen molar-refractivity contribution >= 4 is 41.5 Å². The largest absolute Gasteiger partial charge is 0.350 e. The molecule has 1 aromatic carbocycles. The lowest BCUT2D eigenvalue weighted by atomic mass is 9.79. The summed E-state index contributed by atoms with van der Waals surface area (Å²) in [5, 5.41) is 6.97. The predicted octanol–water partition coefficient (Wildman–Crippen LogP) is 3.25. The molecule has 1 aromatic heterocycles. The van der Waals surface area contributed by atoms with Crippen molar-refractivity contribution in [1.29, 1.82) is 0 Å². The lowest BCUT2D eigenvalue weighted by Gasteiger charge is -2.43. The number of rotatable bonds is 3. The van der Waals surface area contributed by atoms with Crippen LogP contribution < -0.4 is 16.2 Å². The van der Waals surface area contributed by atoms with Crippen LogP contribution in [0.5, 0.6) is 0 Å². The van der Waals surface area contributed by atoms with Crippen molar-refractivity contribution in [1.82, 2.24) is 15.2 Å². The summed E-state index contributed by atoms with van der Waals surface area (Å²) in [7, 11) is 0. The number of benzene rings is 1. The summed E-state index contributed by atoms with van der Waals surface area (Å²) in [6, 6.07) is 10.3. The van der Waals surface area contributed by atoms with Crippen molar-refractivity contribution in [2.24, 2.45) is 5.92 Å². The van der Waals surface area contributed by atoms with Crippen molar-refractivity contribution in [2.45, 2.75) is 18.4 Å². The van der Waals surface area contributed by atoms with Crippen LogP contribution in [0.25, 0.3) is 0 Å². The van der Waals surface area contributed by atoms with Gasteiger partial charge >= 0.3 is 0 Å². The Bertz CT molecular complexity index is 915. The molecule has 144 valence electrons. The van der Waals surface area contributed by atoms with Crippen LogP contribution >= 0.6 is 35.6 Å². The van der Waals surface area contributed by atoms with Gasteiger partial charge in [-0.2, -0.15) is 0 Å². The molecule has 0 aliphatic carbocycles. The maximum absolute atomic E-state index is 12.6. The van der Waals surface area contributed by atoms with Gasteiger partial charge in [-0.3, -0.25) is 9.59 Å². The number of hydrogen-bond donors (Lipinski definition) is 2. The molecule has 3 heterocycles. The third-order valence-electron chi connectivity index (χ3n) is 5.37. The smallest absolute Gasteiger partial charge is 0.252 e. The third kappa shape index (κ3) is 3.74. The Labute approximate surface area is 173 Å². The predicted molar refractivity (Wildman–Crippen MR) is 109 cm³/mol. The summed E-state index contributed by atoms with van der Waals surface area (Å²) in [5.41, 5.74) is 1.37. The zero-order valence-electron chi connectivity index (χ0n) is 14.5. The van der Waals surface area contributed by atoms with Gasteiger partial charge in [0.25, 0.3) is 11.5 Å². The Morgan fingerprint density at radius 2 is 1.96 bits per heavy atom. The number of carbonyl (C=O) groups is 1. The number of nitrogens with zero attached hydrogens (tertiary/aromatic N) is 1. The van der Waals surface area contributed by atoms with E-state index in [-0.39, 0.29) is 34.9 Å². The van der Waals surface area contributed by atoms with Crippen molar-refractivity contribution in [3.63, 3.8) is 0 Å². The molecule has 2 aromatic rings. The number of carbonyl (C=O) groups excluding carboxylic acids is 1. The van der Waals surface area contributed by atoms with E-state index in [1.54, 1.807) is 24.3 Å². The number of aromatic nitrogens is 1. The van der Waals surface area contributed by atoms with Gasteiger partial charge in [0.05, 0.1) is 21.7 Å². The Morgan fingerprint density at radius 3 is 2.78 bits per heavy atom. The number of pyridine rings is 1. The van der Waals surface area contributed by atoms with Crippen molar-refractivity contribution in [3.8, 4) is 0 Å². The molecule has 27 heavy (non-hydrogen) atoms. The van der Waals surface area contributed by atoms with Crippen LogP contribution in [0, 0.1) is 5.92 Å². The Balaban J connectivity index is 0.00000210. The lowest BCUT2D eigenvalue weighted by Crippen LogP contribution is -2.50. The average molecular weight is 429 g/mol. The van der Waals surface area contributed by atoms with Crippen LogP contribution in [0.2, 0.25) is 10.0 Å². The van der Waals surface area contributed by atoms with Crippen LogP contribution in [-0.4, -0.2) is 30.1 Å². The van der Waals surface area contributed by atoms with Crippen LogP contribution in [0.3, 0.4) is 0 Å². The topological polar surface area (TPSA) is 63.1 Å². The minimum Gasteiger partial charge on any atom is -0.350 e. The quantitative estimate of drug-likeness (QED) is 0.789. The number of hydrogen-bond acceptors (Lipinski definition) is 3. The van der Waals surface area contributed by atoms with E-state index in [0.29, 0.717) is 29.0 Å². The number of piperidine rings is 1. The SMILES string of the molecule is Cl.O=C(NC[C@H]1[C@@H]2CNC[C@@H](C2)c2cccc(=O)n21)c1cccc(Cl)c1Cl. The average Bonchev–Trinajstić information content (AvgIpc) is 2.64. The maximum Gasteiger partial charge on any atom is 0.252 e. The Kier molecular flexibility index (Phi) is 6.16. The first kappa shape index (κ1) is 20.2. The highest BCUT2D eigenvalue weighted by Gasteiger charge is 2.37. The van der Waals surface area contributed by atoms with Crippen LogP contribution in [0.1, 0.15) is 34.4 Å². The molecule has 0 radical (unpaired) electrons. The van der Waals surface area contributed by atoms with Crippen molar-refractivity contribution < 1.29 is 4.79 Å². The Hall–Kier alpha value is -1.53. The fourth-order valence-electron chi connectivity index (χ4n) is 4.14. The van der Waals surface area contributed by atoms with E-state index in [4.69, 9.17) is 23.2 Å². The Morgan fingerprint density at radius 1 is 1.19 bits per heavy atom. The first-order chi connectivity index (χ1) is 12.6. The molecule has 1 fully saturated rings. The van der Waals surface area contributed by atoms with Crippen LogP contribution in [0.15, 0.2) is 41.2 Å². The molecule has 1 amide bonds. The highest BCUT2D eigenvalue weighted by Crippen LogP contribution is 2.38. The molecule has 2 N–H and O–H groups in total. The molecule has 0 saturated carbocycles. The molecule has 1 saturated heterocycles. The van der Waals surface area contributed by atoms with E-state index in [1.807, 2.05) is 16.7 Å². The first-order valence-corrected chi connectivity index (χ1v) is 9.46. The summed E-state index contributed by atoms with van der Waals surface area (Å²) in [4.78, 5) is 25.1. The zero-order chi connectivity index (χ0) is 18.3. The normalized spacial score (nSPS) is 23.1. The zero-order valence-corrected chi connectivity index (χ0v) is 16.8. The van der Waals surface area contributed by atoms with E-state index in [0.717, 1.165) is 25.2 Å². The highest BCUT2D eigenvalue weighted by atomic mass is 35.5.